The van der Waals surface area contributed by atoms with Crippen molar-refractivity contribution in [2.45, 2.75) is 44.2 Å². The van der Waals surface area contributed by atoms with Gasteiger partial charge in [-0.15, -0.1) is 0 Å². The summed E-state index contributed by atoms with van der Waals surface area (Å²) in [6, 6.07) is 0.140. The number of hydrogen-bond donors (Lipinski definition) is 2. The van der Waals surface area contributed by atoms with Gasteiger partial charge in [0, 0.05) is 19.6 Å². The zero-order chi connectivity index (χ0) is 11.8. The first-order valence-corrected chi connectivity index (χ1v) is 5.65. The summed E-state index contributed by atoms with van der Waals surface area (Å²) in [5.41, 5.74) is -0.283. The Morgan fingerprint density at radius 2 is 2.06 bits per heavy atom. The molecule has 2 rings (SSSR count). The Morgan fingerprint density at radius 3 is 2.62 bits per heavy atom. The number of ether oxygens (including phenoxy) is 1. The van der Waals surface area contributed by atoms with Gasteiger partial charge in [0.1, 0.15) is 0 Å². The van der Waals surface area contributed by atoms with E-state index >= 15 is 0 Å². The van der Waals surface area contributed by atoms with Crippen molar-refractivity contribution in [1.29, 1.82) is 0 Å². The smallest absolute Gasteiger partial charge is 0.306 e. The van der Waals surface area contributed by atoms with Gasteiger partial charge in [-0.05, 0) is 25.7 Å². The van der Waals surface area contributed by atoms with Gasteiger partial charge in [-0.1, -0.05) is 0 Å². The van der Waals surface area contributed by atoms with Gasteiger partial charge < -0.3 is 15.2 Å². The number of carboxylic acid groups (broad SMARTS) is 1. The molecule has 1 saturated heterocycles. The Morgan fingerprint density at radius 1 is 1.38 bits per heavy atom. The van der Waals surface area contributed by atoms with E-state index in [0.29, 0.717) is 19.4 Å². The maximum atomic E-state index is 11.0. The topological polar surface area (TPSA) is 75.6 Å². The molecule has 0 aromatic carbocycles. The molecule has 0 radical (unpaired) electrons. The van der Waals surface area contributed by atoms with E-state index in [-0.39, 0.29) is 23.5 Å². The van der Waals surface area contributed by atoms with Crippen LogP contribution in [0.1, 0.15) is 32.6 Å². The van der Waals surface area contributed by atoms with Crippen LogP contribution in [0.15, 0.2) is 0 Å². The molecule has 90 valence electrons. The highest BCUT2D eigenvalue weighted by Gasteiger charge is 2.51. The second-order valence-corrected chi connectivity index (χ2v) is 4.87. The maximum absolute atomic E-state index is 11.0. The first-order valence-electron chi connectivity index (χ1n) is 5.65. The SMILES string of the molecule is CC(=O)NC1CCOC2(C1)CC(C(=O)O)C2. The fraction of sp³-hybridized carbons (Fsp3) is 0.818. The van der Waals surface area contributed by atoms with Crippen molar-refractivity contribution >= 4 is 11.9 Å². The third-order valence-corrected chi connectivity index (χ3v) is 3.49. The van der Waals surface area contributed by atoms with E-state index in [4.69, 9.17) is 9.84 Å². The highest BCUT2D eigenvalue weighted by molar-refractivity contribution is 5.73. The van der Waals surface area contributed by atoms with Gasteiger partial charge in [0.2, 0.25) is 5.91 Å². The number of aliphatic carboxylic acids is 1. The maximum Gasteiger partial charge on any atom is 0.306 e. The minimum Gasteiger partial charge on any atom is -0.481 e. The fourth-order valence-electron chi connectivity index (χ4n) is 2.74. The van der Waals surface area contributed by atoms with Crippen LogP contribution in [0.5, 0.6) is 0 Å². The van der Waals surface area contributed by atoms with Crippen LogP contribution in [-0.2, 0) is 14.3 Å². The summed E-state index contributed by atoms with van der Waals surface area (Å²) >= 11 is 0. The minimum atomic E-state index is -0.740. The van der Waals surface area contributed by atoms with Crippen LogP contribution in [0.25, 0.3) is 0 Å². The molecular formula is C11H17NO4. The highest BCUT2D eigenvalue weighted by atomic mass is 16.5. The number of amides is 1. The summed E-state index contributed by atoms with van der Waals surface area (Å²) in [6.07, 6.45) is 2.73. The van der Waals surface area contributed by atoms with Crippen LogP contribution < -0.4 is 5.32 Å². The quantitative estimate of drug-likeness (QED) is 0.721. The lowest BCUT2D eigenvalue weighted by atomic mass is 9.66. The number of carboxylic acids is 1. The standard InChI is InChI=1S/C11H17NO4/c1-7(13)12-9-2-3-16-11(6-9)4-8(5-11)10(14)15/h8-9H,2-6H2,1H3,(H,12,13)(H,14,15). The van der Waals surface area contributed by atoms with Gasteiger partial charge in [0.15, 0.2) is 0 Å². The summed E-state index contributed by atoms with van der Waals surface area (Å²) in [4.78, 5) is 21.7. The number of carbonyl (C=O) groups is 2. The van der Waals surface area contributed by atoms with E-state index in [0.717, 1.165) is 12.8 Å². The summed E-state index contributed by atoms with van der Waals surface area (Å²) < 4.78 is 5.68. The molecule has 1 amide bonds. The lowest BCUT2D eigenvalue weighted by Gasteiger charge is -2.50. The van der Waals surface area contributed by atoms with E-state index in [1.807, 2.05) is 0 Å². The molecule has 0 aromatic rings. The lowest BCUT2D eigenvalue weighted by molar-refractivity contribution is -0.182. The van der Waals surface area contributed by atoms with Crippen molar-refractivity contribution in [3.8, 4) is 0 Å². The first-order chi connectivity index (χ1) is 7.51. The third kappa shape index (κ3) is 2.19. The molecule has 0 aromatic heterocycles. The van der Waals surface area contributed by atoms with E-state index in [9.17, 15) is 9.59 Å². The molecule has 5 nitrogen and oxygen atoms in total. The average Bonchev–Trinajstić information content (AvgIpc) is 2.13. The van der Waals surface area contributed by atoms with Gasteiger partial charge in [-0.25, -0.2) is 0 Å². The largest absolute Gasteiger partial charge is 0.481 e. The van der Waals surface area contributed by atoms with Crippen LogP contribution in [0, 0.1) is 5.92 Å². The Bertz CT molecular complexity index is 309. The van der Waals surface area contributed by atoms with Crippen molar-refractivity contribution in [2.24, 2.45) is 5.92 Å². The Kier molecular flexibility index (Phi) is 2.88. The second kappa shape index (κ2) is 4.05. The van der Waals surface area contributed by atoms with Crippen molar-refractivity contribution in [3.05, 3.63) is 0 Å². The molecule has 1 atom stereocenters. The predicted octanol–water partition coefficient (Wildman–Crippen LogP) is 0.535. The number of rotatable bonds is 2. The van der Waals surface area contributed by atoms with Crippen LogP contribution >= 0.6 is 0 Å². The summed E-state index contributed by atoms with van der Waals surface area (Å²) in [5, 5.41) is 11.7. The third-order valence-electron chi connectivity index (χ3n) is 3.49. The van der Waals surface area contributed by atoms with Gasteiger partial charge in [0.05, 0.1) is 11.5 Å². The van der Waals surface area contributed by atoms with E-state index in [1.54, 1.807) is 0 Å². The Hall–Kier alpha value is -1.10. The van der Waals surface area contributed by atoms with Crippen LogP contribution in [0.4, 0.5) is 0 Å². The zero-order valence-corrected chi connectivity index (χ0v) is 9.36. The van der Waals surface area contributed by atoms with Crippen molar-refractivity contribution in [3.63, 3.8) is 0 Å². The molecule has 1 heterocycles. The number of carbonyl (C=O) groups excluding carboxylic acids is 1. The molecule has 2 N–H and O–H groups in total. The minimum absolute atomic E-state index is 0.0313. The van der Waals surface area contributed by atoms with E-state index in [2.05, 4.69) is 5.32 Å². The Balaban J connectivity index is 1.88. The molecule has 1 unspecified atom stereocenters. The van der Waals surface area contributed by atoms with Crippen molar-refractivity contribution in [2.75, 3.05) is 6.61 Å². The summed E-state index contributed by atoms with van der Waals surface area (Å²) in [7, 11) is 0. The van der Waals surface area contributed by atoms with Gasteiger partial charge in [-0.3, -0.25) is 9.59 Å². The molecule has 1 saturated carbocycles. The van der Waals surface area contributed by atoms with Crippen LogP contribution in [-0.4, -0.2) is 35.2 Å². The lowest BCUT2D eigenvalue weighted by Crippen LogP contribution is -2.56. The molecule has 1 aliphatic heterocycles. The van der Waals surface area contributed by atoms with E-state index < -0.39 is 5.97 Å². The Labute approximate surface area is 94.2 Å². The van der Waals surface area contributed by atoms with Crippen LogP contribution in [0.3, 0.4) is 0 Å². The summed E-state index contributed by atoms with van der Waals surface area (Å²) in [6.45, 7) is 2.11. The fourth-order valence-corrected chi connectivity index (χ4v) is 2.74. The van der Waals surface area contributed by atoms with Crippen LogP contribution in [0.2, 0.25) is 0 Å². The molecule has 2 aliphatic rings. The van der Waals surface area contributed by atoms with Gasteiger partial charge >= 0.3 is 5.97 Å². The predicted molar refractivity (Wildman–Crippen MR) is 55.9 cm³/mol. The molecule has 1 spiro atoms. The summed E-state index contributed by atoms with van der Waals surface area (Å²) in [5.74, 6) is -1.04. The number of nitrogens with one attached hydrogen (secondary N) is 1. The molecule has 1 aliphatic carbocycles. The molecule has 5 heteroatoms. The monoisotopic (exact) mass is 227 g/mol. The first kappa shape index (κ1) is 11.4. The normalized spacial score (nSPS) is 37.8. The number of hydrogen-bond acceptors (Lipinski definition) is 3. The highest BCUT2D eigenvalue weighted by Crippen LogP contribution is 2.46. The average molecular weight is 227 g/mol. The van der Waals surface area contributed by atoms with Crippen molar-refractivity contribution < 1.29 is 19.4 Å². The molecule has 0 bridgehead atoms. The van der Waals surface area contributed by atoms with Crippen molar-refractivity contribution in [1.82, 2.24) is 5.32 Å². The molecule has 16 heavy (non-hydrogen) atoms. The molecular weight excluding hydrogens is 210 g/mol. The van der Waals surface area contributed by atoms with Gasteiger partial charge in [0.25, 0.3) is 0 Å². The zero-order valence-electron chi connectivity index (χ0n) is 9.36. The molecule has 2 fully saturated rings. The second-order valence-electron chi connectivity index (χ2n) is 4.87. The van der Waals surface area contributed by atoms with Gasteiger partial charge in [-0.2, -0.15) is 0 Å². The van der Waals surface area contributed by atoms with E-state index in [1.165, 1.54) is 6.92 Å².